The summed E-state index contributed by atoms with van der Waals surface area (Å²) < 4.78 is 5.46. The van der Waals surface area contributed by atoms with Crippen LogP contribution in [0.1, 0.15) is 33.1 Å². The summed E-state index contributed by atoms with van der Waals surface area (Å²) in [5, 5.41) is 3.23. The first-order chi connectivity index (χ1) is 9.08. The molecule has 0 bridgehead atoms. The summed E-state index contributed by atoms with van der Waals surface area (Å²) in [4.78, 5) is 11.8. The molecular formula is C14H21ClN2O2. The van der Waals surface area contributed by atoms with Gasteiger partial charge in [0.05, 0.1) is 17.7 Å². The van der Waals surface area contributed by atoms with Gasteiger partial charge in [-0.3, -0.25) is 4.79 Å². The number of halogens is 1. The molecule has 1 aromatic rings. The monoisotopic (exact) mass is 284 g/mol. The van der Waals surface area contributed by atoms with Gasteiger partial charge in [-0.25, -0.2) is 0 Å². The first kappa shape index (κ1) is 15.8. The minimum Gasteiger partial charge on any atom is -0.492 e. The van der Waals surface area contributed by atoms with Gasteiger partial charge in [-0.2, -0.15) is 0 Å². The Morgan fingerprint density at radius 3 is 2.74 bits per heavy atom. The fourth-order valence-corrected chi connectivity index (χ4v) is 1.82. The molecule has 0 spiro atoms. The Morgan fingerprint density at radius 2 is 2.16 bits per heavy atom. The topological polar surface area (TPSA) is 64.3 Å². The van der Waals surface area contributed by atoms with Gasteiger partial charge in [-0.15, -0.1) is 0 Å². The van der Waals surface area contributed by atoms with Crippen molar-refractivity contribution in [1.82, 2.24) is 0 Å². The summed E-state index contributed by atoms with van der Waals surface area (Å²) in [5.74, 6) is 0.430. The molecule has 106 valence electrons. The van der Waals surface area contributed by atoms with E-state index in [2.05, 4.69) is 5.32 Å². The van der Waals surface area contributed by atoms with E-state index in [4.69, 9.17) is 22.1 Å². The first-order valence-electron chi connectivity index (χ1n) is 6.57. The highest BCUT2D eigenvalue weighted by atomic mass is 35.5. The summed E-state index contributed by atoms with van der Waals surface area (Å²) in [6.07, 6.45) is 2.46. The number of amides is 1. The van der Waals surface area contributed by atoms with E-state index in [0.29, 0.717) is 29.5 Å². The van der Waals surface area contributed by atoms with Crippen molar-refractivity contribution in [1.29, 1.82) is 0 Å². The third kappa shape index (κ3) is 5.09. The zero-order valence-electron chi connectivity index (χ0n) is 11.4. The van der Waals surface area contributed by atoms with Gasteiger partial charge in [0.2, 0.25) is 5.91 Å². The second-order valence-corrected chi connectivity index (χ2v) is 4.79. The largest absolute Gasteiger partial charge is 0.492 e. The number of ether oxygens (including phenoxy) is 1. The van der Waals surface area contributed by atoms with Crippen LogP contribution in [0.4, 0.5) is 5.69 Å². The molecule has 0 saturated carbocycles. The van der Waals surface area contributed by atoms with E-state index in [0.717, 1.165) is 12.8 Å². The van der Waals surface area contributed by atoms with Gasteiger partial charge < -0.3 is 15.8 Å². The van der Waals surface area contributed by atoms with Crippen LogP contribution in [0.3, 0.4) is 0 Å². The van der Waals surface area contributed by atoms with Gasteiger partial charge in [-0.05, 0) is 31.0 Å². The molecular weight excluding hydrogens is 264 g/mol. The van der Waals surface area contributed by atoms with Crippen molar-refractivity contribution in [2.24, 2.45) is 5.73 Å². The number of nitrogens with two attached hydrogens (primary N) is 1. The number of hydrogen-bond acceptors (Lipinski definition) is 3. The van der Waals surface area contributed by atoms with Gasteiger partial charge in [0, 0.05) is 5.69 Å². The van der Waals surface area contributed by atoms with E-state index in [1.54, 1.807) is 18.2 Å². The number of anilines is 1. The van der Waals surface area contributed by atoms with Crippen LogP contribution in [-0.4, -0.2) is 18.6 Å². The molecule has 1 rings (SSSR count). The maximum absolute atomic E-state index is 11.8. The molecule has 19 heavy (non-hydrogen) atoms. The van der Waals surface area contributed by atoms with E-state index in [1.165, 1.54) is 0 Å². The summed E-state index contributed by atoms with van der Waals surface area (Å²) in [5.41, 5.74) is 6.37. The van der Waals surface area contributed by atoms with Crippen LogP contribution in [0.5, 0.6) is 5.75 Å². The maximum atomic E-state index is 11.8. The lowest BCUT2D eigenvalue weighted by Gasteiger charge is -2.12. The second kappa shape index (κ2) is 8.02. The van der Waals surface area contributed by atoms with Gasteiger partial charge in [0.25, 0.3) is 0 Å². The quantitative estimate of drug-likeness (QED) is 0.808. The first-order valence-corrected chi connectivity index (χ1v) is 6.95. The number of carbonyl (C=O) groups excluding carboxylic acids is 1. The molecule has 0 heterocycles. The average molecular weight is 285 g/mol. The molecule has 0 saturated heterocycles. The molecule has 3 N–H and O–H groups in total. The minimum absolute atomic E-state index is 0.194. The molecule has 5 heteroatoms. The van der Waals surface area contributed by atoms with Crippen LogP contribution in [0.15, 0.2) is 18.2 Å². The predicted octanol–water partition coefficient (Wildman–Crippen LogP) is 3.19. The second-order valence-electron chi connectivity index (χ2n) is 4.38. The summed E-state index contributed by atoms with van der Waals surface area (Å²) in [7, 11) is 0. The zero-order chi connectivity index (χ0) is 14.3. The highest BCUT2D eigenvalue weighted by Gasteiger charge is 2.13. The fourth-order valence-electron chi connectivity index (χ4n) is 1.58. The highest BCUT2D eigenvalue weighted by Crippen LogP contribution is 2.27. The molecule has 0 fully saturated rings. The van der Waals surface area contributed by atoms with E-state index < -0.39 is 6.04 Å². The number of rotatable bonds is 7. The van der Waals surface area contributed by atoms with Crippen molar-refractivity contribution < 1.29 is 9.53 Å². The Balaban J connectivity index is 2.65. The number of hydrogen-bond donors (Lipinski definition) is 2. The molecule has 1 aromatic carbocycles. The standard InChI is InChI=1S/C14H21ClN2O2/c1-3-5-12(16)14(18)17-10-6-7-13(11(15)9-10)19-8-4-2/h6-7,9,12H,3-5,8,16H2,1-2H3,(H,17,18). The van der Waals surface area contributed by atoms with Gasteiger partial charge in [0.15, 0.2) is 0 Å². The van der Waals surface area contributed by atoms with Crippen LogP contribution < -0.4 is 15.8 Å². The lowest BCUT2D eigenvalue weighted by molar-refractivity contribution is -0.117. The third-order valence-corrected chi connectivity index (χ3v) is 2.89. The normalized spacial score (nSPS) is 12.0. The van der Waals surface area contributed by atoms with Crippen molar-refractivity contribution in [3.8, 4) is 5.75 Å². The smallest absolute Gasteiger partial charge is 0.241 e. The van der Waals surface area contributed by atoms with Crippen LogP contribution >= 0.6 is 11.6 Å². The predicted molar refractivity (Wildman–Crippen MR) is 78.8 cm³/mol. The van der Waals surface area contributed by atoms with Gasteiger partial charge in [0.1, 0.15) is 5.75 Å². The lowest BCUT2D eigenvalue weighted by atomic mass is 10.1. The van der Waals surface area contributed by atoms with Crippen LogP contribution in [0, 0.1) is 0 Å². The maximum Gasteiger partial charge on any atom is 0.241 e. The molecule has 0 radical (unpaired) electrons. The van der Waals surface area contributed by atoms with Crippen molar-refractivity contribution >= 4 is 23.2 Å². The summed E-state index contributed by atoms with van der Waals surface area (Å²) in [6.45, 7) is 4.63. The molecule has 0 aliphatic carbocycles. The van der Waals surface area contributed by atoms with E-state index >= 15 is 0 Å². The minimum atomic E-state index is -0.486. The molecule has 1 amide bonds. The number of benzene rings is 1. The Hall–Kier alpha value is -1.26. The van der Waals surface area contributed by atoms with Crippen LogP contribution in [0.25, 0.3) is 0 Å². The molecule has 1 unspecified atom stereocenters. The van der Waals surface area contributed by atoms with Gasteiger partial charge in [-0.1, -0.05) is 31.9 Å². The van der Waals surface area contributed by atoms with Crippen molar-refractivity contribution in [3.63, 3.8) is 0 Å². The van der Waals surface area contributed by atoms with E-state index in [1.807, 2.05) is 13.8 Å². The molecule has 4 nitrogen and oxygen atoms in total. The van der Waals surface area contributed by atoms with Crippen molar-refractivity contribution in [2.75, 3.05) is 11.9 Å². The van der Waals surface area contributed by atoms with Crippen molar-refractivity contribution in [3.05, 3.63) is 23.2 Å². The van der Waals surface area contributed by atoms with Crippen LogP contribution in [0.2, 0.25) is 5.02 Å². The van der Waals surface area contributed by atoms with Gasteiger partial charge >= 0.3 is 0 Å². The van der Waals surface area contributed by atoms with E-state index in [9.17, 15) is 4.79 Å². The molecule has 0 aliphatic heterocycles. The molecule has 1 atom stereocenters. The fraction of sp³-hybridized carbons (Fsp3) is 0.500. The Bertz CT molecular complexity index is 424. The van der Waals surface area contributed by atoms with E-state index in [-0.39, 0.29) is 5.91 Å². The number of carbonyl (C=O) groups is 1. The lowest BCUT2D eigenvalue weighted by Crippen LogP contribution is -2.35. The van der Waals surface area contributed by atoms with Crippen molar-refractivity contribution in [2.45, 2.75) is 39.2 Å². The Morgan fingerprint density at radius 1 is 1.42 bits per heavy atom. The Kier molecular flexibility index (Phi) is 6.67. The summed E-state index contributed by atoms with van der Waals surface area (Å²) >= 11 is 6.08. The molecule has 0 aliphatic rings. The number of nitrogens with one attached hydrogen (secondary N) is 1. The molecule has 0 aromatic heterocycles. The third-order valence-electron chi connectivity index (χ3n) is 2.60. The average Bonchev–Trinajstić information content (AvgIpc) is 2.38. The Labute approximate surface area is 119 Å². The SMILES string of the molecule is CCCOc1ccc(NC(=O)C(N)CCC)cc1Cl. The van der Waals surface area contributed by atoms with Crippen LogP contribution in [-0.2, 0) is 4.79 Å². The highest BCUT2D eigenvalue weighted by molar-refractivity contribution is 6.32. The summed E-state index contributed by atoms with van der Waals surface area (Å²) in [6, 6.07) is 4.69. The zero-order valence-corrected chi connectivity index (χ0v) is 12.2.